The van der Waals surface area contributed by atoms with Crippen LogP contribution in [0, 0.1) is 5.92 Å². The number of para-hydroxylation sites is 1. The molecule has 1 aromatic rings. The Balaban J connectivity index is 1.73. The summed E-state index contributed by atoms with van der Waals surface area (Å²) in [5.41, 5.74) is 0. The first-order valence-electron chi connectivity index (χ1n) is 6.45. The lowest BCUT2D eigenvalue weighted by atomic mass is 10.1. The summed E-state index contributed by atoms with van der Waals surface area (Å²) >= 11 is 0. The van der Waals surface area contributed by atoms with Crippen molar-refractivity contribution in [2.45, 2.75) is 25.0 Å². The fraction of sp³-hybridized carbons (Fsp3) is 0.500. The number of aliphatic hydroxyl groups is 2. The third-order valence-electron chi connectivity index (χ3n) is 3.37. The molecule has 0 radical (unpaired) electrons. The van der Waals surface area contributed by atoms with Crippen molar-refractivity contribution in [3.8, 4) is 5.75 Å². The van der Waals surface area contributed by atoms with Gasteiger partial charge in [-0.1, -0.05) is 18.2 Å². The summed E-state index contributed by atoms with van der Waals surface area (Å²) in [5, 5.41) is 21.5. The molecule has 1 fully saturated rings. The number of benzene rings is 1. The van der Waals surface area contributed by atoms with E-state index in [4.69, 9.17) is 9.84 Å². The summed E-state index contributed by atoms with van der Waals surface area (Å²) in [5.74, 6) is 0.303. The average molecular weight is 265 g/mol. The first-order valence-corrected chi connectivity index (χ1v) is 6.45. The molecular weight excluding hydrogens is 246 g/mol. The van der Waals surface area contributed by atoms with Crippen molar-refractivity contribution in [1.82, 2.24) is 5.32 Å². The van der Waals surface area contributed by atoms with E-state index in [0.29, 0.717) is 18.6 Å². The molecule has 1 aliphatic rings. The molecule has 5 nitrogen and oxygen atoms in total. The van der Waals surface area contributed by atoms with E-state index in [-0.39, 0.29) is 31.1 Å². The van der Waals surface area contributed by atoms with Gasteiger partial charge in [0.1, 0.15) is 5.75 Å². The van der Waals surface area contributed by atoms with E-state index in [1.54, 1.807) is 12.1 Å². The van der Waals surface area contributed by atoms with Gasteiger partial charge in [-0.25, -0.2) is 0 Å². The first kappa shape index (κ1) is 13.8. The molecule has 0 bridgehead atoms. The lowest BCUT2D eigenvalue weighted by Crippen LogP contribution is -2.36. The van der Waals surface area contributed by atoms with Gasteiger partial charge in [0.15, 0.2) is 6.61 Å². The van der Waals surface area contributed by atoms with Gasteiger partial charge in [0.05, 0.1) is 6.10 Å². The van der Waals surface area contributed by atoms with E-state index >= 15 is 0 Å². The summed E-state index contributed by atoms with van der Waals surface area (Å²) in [6, 6.07) is 9.04. The number of hydrogen-bond donors (Lipinski definition) is 3. The van der Waals surface area contributed by atoms with Crippen LogP contribution in [-0.2, 0) is 4.79 Å². The zero-order valence-electron chi connectivity index (χ0n) is 10.7. The predicted octanol–water partition coefficient (Wildman–Crippen LogP) is 0.313. The molecule has 0 saturated heterocycles. The number of amides is 1. The van der Waals surface area contributed by atoms with Gasteiger partial charge in [-0.3, -0.25) is 4.79 Å². The standard InChI is InChI=1S/C14H19NO4/c16-8-10-6-11(7-13(10)17)15-14(18)9-19-12-4-2-1-3-5-12/h1-5,10-11,13,16-17H,6-9H2,(H,15,18)/t10-,11-,13-/m0/s1. The van der Waals surface area contributed by atoms with Gasteiger partial charge in [-0.05, 0) is 25.0 Å². The van der Waals surface area contributed by atoms with Crippen LogP contribution in [0.15, 0.2) is 30.3 Å². The highest BCUT2D eigenvalue weighted by Gasteiger charge is 2.33. The zero-order chi connectivity index (χ0) is 13.7. The summed E-state index contributed by atoms with van der Waals surface area (Å²) in [6.07, 6.45) is 0.558. The normalized spacial score (nSPS) is 26.1. The van der Waals surface area contributed by atoms with Crippen LogP contribution in [0.25, 0.3) is 0 Å². The maximum absolute atomic E-state index is 11.7. The zero-order valence-corrected chi connectivity index (χ0v) is 10.7. The van der Waals surface area contributed by atoms with E-state index in [0.717, 1.165) is 0 Å². The van der Waals surface area contributed by atoms with Gasteiger partial charge >= 0.3 is 0 Å². The van der Waals surface area contributed by atoms with Crippen molar-refractivity contribution >= 4 is 5.91 Å². The predicted molar refractivity (Wildman–Crippen MR) is 69.7 cm³/mol. The number of nitrogens with one attached hydrogen (secondary N) is 1. The molecule has 3 atom stereocenters. The van der Waals surface area contributed by atoms with Gasteiger partial charge in [0, 0.05) is 18.6 Å². The quantitative estimate of drug-likeness (QED) is 0.716. The van der Waals surface area contributed by atoms with Crippen LogP contribution in [0.3, 0.4) is 0 Å². The van der Waals surface area contributed by atoms with Crippen molar-refractivity contribution in [2.75, 3.05) is 13.2 Å². The monoisotopic (exact) mass is 265 g/mol. The molecule has 0 aromatic heterocycles. The Morgan fingerprint density at radius 3 is 2.68 bits per heavy atom. The average Bonchev–Trinajstić information content (AvgIpc) is 2.77. The molecule has 1 amide bonds. The topological polar surface area (TPSA) is 78.8 Å². The molecule has 3 N–H and O–H groups in total. The summed E-state index contributed by atoms with van der Waals surface area (Å²) in [6.45, 7) is -0.0888. The second kappa shape index (κ2) is 6.54. The molecule has 0 unspecified atom stereocenters. The van der Waals surface area contributed by atoms with Gasteiger partial charge in [0.2, 0.25) is 0 Å². The molecule has 2 rings (SSSR count). The van der Waals surface area contributed by atoms with Crippen molar-refractivity contribution in [1.29, 1.82) is 0 Å². The van der Waals surface area contributed by atoms with Crippen LogP contribution in [0.1, 0.15) is 12.8 Å². The Morgan fingerprint density at radius 1 is 1.32 bits per heavy atom. The summed E-state index contributed by atoms with van der Waals surface area (Å²) < 4.78 is 5.33. The van der Waals surface area contributed by atoms with Crippen molar-refractivity contribution < 1.29 is 19.7 Å². The summed E-state index contributed by atoms with van der Waals surface area (Å²) in [4.78, 5) is 11.7. The van der Waals surface area contributed by atoms with Crippen LogP contribution in [0.5, 0.6) is 5.75 Å². The van der Waals surface area contributed by atoms with Crippen LogP contribution in [0.2, 0.25) is 0 Å². The number of rotatable bonds is 5. The maximum Gasteiger partial charge on any atom is 0.258 e. The van der Waals surface area contributed by atoms with Crippen LogP contribution >= 0.6 is 0 Å². The van der Waals surface area contributed by atoms with Gasteiger partial charge in [-0.15, -0.1) is 0 Å². The number of carbonyl (C=O) groups is 1. The Bertz CT molecular complexity index is 409. The molecule has 0 aliphatic heterocycles. The van der Waals surface area contributed by atoms with Crippen molar-refractivity contribution in [3.63, 3.8) is 0 Å². The second-order valence-corrected chi connectivity index (χ2v) is 4.85. The molecule has 0 spiro atoms. The lowest BCUT2D eigenvalue weighted by Gasteiger charge is -2.13. The lowest BCUT2D eigenvalue weighted by molar-refractivity contribution is -0.123. The number of aliphatic hydroxyl groups excluding tert-OH is 2. The fourth-order valence-corrected chi connectivity index (χ4v) is 2.35. The van der Waals surface area contributed by atoms with Gasteiger partial charge < -0.3 is 20.3 Å². The van der Waals surface area contributed by atoms with E-state index in [1.807, 2.05) is 18.2 Å². The molecule has 5 heteroatoms. The second-order valence-electron chi connectivity index (χ2n) is 4.85. The van der Waals surface area contributed by atoms with E-state index in [2.05, 4.69) is 5.32 Å². The van der Waals surface area contributed by atoms with Crippen molar-refractivity contribution in [2.24, 2.45) is 5.92 Å². The SMILES string of the molecule is O=C(COc1ccccc1)N[C@H]1C[C@@H](CO)[C@@H](O)C1. The van der Waals surface area contributed by atoms with Crippen LogP contribution in [0.4, 0.5) is 0 Å². The minimum atomic E-state index is -0.537. The smallest absolute Gasteiger partial charge is 0.258 e. The largest absolute Gasteiger partial charge is 0.484 e. The highest BCUT2D eigenvalue weighted by atomic mass is 16.5. The van der Waals surface area contributed by atoms with Gasteiger partial charge in [0.25, 0.3) is 5.91 Å². The third kappa shape index (κ3) is 3.94. The number of ether oxygens (including phenoxy) is 1. The highest BCUT2D eigenvalue weighted by Crippen LogP contribution is 2.25. The first-order chi connectivity index (χ1) is 9.19. The Labute approximate surface area is 112 Å². The minimum absolute atomic E-state index is 0.0413. The Hall–Kier alpha value is -1.59. The Kier molecular flexibility index (Phi) is 4.76. The molecular formula is C14H19NO4. The van der Waals surface area contributed by atoms with Gasteiger partial charge in [-0.2, -0.15) is 0 Å². The molecule has 0 heterocycles. The molecule has 1 saturated carbocycles. The highest BCUT2D eigenvalue weighted by molar-refractivity contribution is 5.77. The van der Waals surface area contributed by atoms with E-state index < -0.39 is 6.10 Å². The minimum Gasteiger partial charge on any atom is -0.484 e. The van der Waals surface area contributed by atoms with Crippen molar-refractivity contribution in [3.05, 3.63) is 30.3 Å². The summed E-state index contributed by atoms with van der Waals surface area (Å²) in [7, 11) is 0. The van der Waals surface area contributed by atoms with E-state index in [9.17, 15) is 9.90 Å². The molecule has 1 aliphatic carbocycles. The number of hydrogen-bond acceptors (Lipinski definition) is 4. The van der Waals surface area contributed by atoms with E-state index in [1.165, 1.54) is 0 Å². The third-order valence-corrected chi connectivity index (χ3v) is 3.37. The van der Waals surface area contributed by atoms with Crippen LogP contribution < -0.4 is 10.1 Å². The van der Waals surface area contributed by atoms with Crippen LogP contribution in [-0.4, -0.2) is 41.5 Å². The maximum atomic E-state index is 11.7. The molecule has 19 heavy (non-hydrogen) atoms. The molecule has 1 aromatic carbocycles. The molecule has 104 valence electrons. The fourth-order valence-electron chi connectivity index (χ4n) is 2.35. The Morgan fingerprint density at radius 2 is 2.05 bits per heavy atom. The number of carbonyl (C=O) groups excluding carboxylic acids is 1.